The van der Waals surface area contributed by atoms with Gasteiger partial charge >= 0.3 is 12.1 Å². The second kappa shape index (κ2) is 7.36. The van der Waals surface area contributed by atoms with Gasteiger partial charge in [0.1, 0.15) is 0 Å². The van der Waals surface area contributed by atoms with Crippen LogP contribution in [0.5, 0.6) is 0 Å². The first-order valence-corrected chi connectivity index (χ1v) is 8.16. The van der Waals surface area contributed by atoms with E-state index in [4.69, 9.17) is 5.11 Å². The number of carbonyl (C=O) groups is 1. The van der Waals surface area contributed by atoms with Crippen LogP contribution in [0.3, 0.4) is 0 Å². The summed E-state index contributed by atoms with van der Waals surface area (Å²) in [6.45, 7) is 2.69. The smallest absolute Gasteiger partial charge is 0.416 e. The highest BCUT2D eigenvalue weighted by Crippen LogP contribution is 2.33. The van der Waals surface area contributed by atoms with Crippen molar-refractivity contribution in [2.24, 2.45) is 5.92 Å². The fraction of sp³-hybridized carbons (Fsp3) is 0.353. The van der Waals surface area contributed by atoms with E-state index in [9.17, 15) is 18.0 Å². The lowest BCUT2D eigenvalue weighted by molar-refractivity contribution is -0.141. The van der Waals surface area contributed by atoms with Gasteiger partial charge in [-0.1, -0.05) is 19.1 Å². The Morgan fingerprint density at radius 1 is 1.21 bits per heavy atom. The van der Waals surface area contributed by atoms with Crippen molar-refractivity contribution in [2.75, 3.05) is 13.6 Å². The minimum atomic E-state index is -4.33. The topological polar surface area (TPSA) is 40.5 Å². The van der Waals surface area contributed by atoms with Crippen LogP contribution in [-0.2, 0) is 17.5 Å². The van der Waals surface area contributed by atoms with Crippen molar-refractivity contribution in [3.63, 3.8) is 0 Å². The second-order valence-electron chi connectivity index (χ2n) is 5.78. The molecule has 1 aromatic heterocycles. The van der Waals surface area contributed by atoms with Crippen molar-refractivity contribution in [2.45, 2.75) is 19.6 Å². The first-order chi connectivity index (χ1) is 11.2. The third-order valence-corrected chi connectivity index (χ3v) is 4.71. The standard InChI is InChI=1S/C17H18F3NO2S/c1-11(16(22)23)9-21(2)10-14-7-8-15(24-14)12-3-5-13(6-4-12)17(18,19)20/h3-8,11H,9-10H2,1-2H3,(H,22,23). The molecule has 1 heterocycles. The Balaban J connectivity index is 2.04. The van der Waals surface area contributed by atoms with Crippen molar-refractivity contribution >= 4 is 17.3 Å². The summed E-state index contributed by atoms with van der Waals surface area (Å²) in [5.41, 5.74) is 0.0752. The maximum absolute atomic E-state index is 12.6. The molecule has 0 amide bonds. The number of aliphatic carboxylic acids is 1. The molecule has 0 aliphatic heterocycles. The predicted octanol–water partition coefficient (Wildman–Crippen LogP) is 4.59. The molecule has 24 heavy (non-hydrogen) atoms. The fourth-order valence-corrected chi connectivity index (χ4v) is 3.41. The lowest BCUT2D eigenvalue weighted by Gasteiger charge is -2.17. The summed E-state index contributed by atoms with van der Waals surface area (Å²) in [5.74, 6) is -1.29. The molecular formula is C17H18F3NO2S. The lowest BCUT2D eigenvalue weighted by Crippen LogP contribution is -2.27. The van der Waals surface area contributed by atoms with E-state index in [1.807, 2.05) is 24.1 Å². The molecule has 0 radical (unpaired) electrons. The zero-order valence-electron chi connectivity index (χ0n) is 13.3. The largest absolute Gasteiger partial charge is 0.481 e. The van der Waals surface area contributed by atoms with Gasteiger partial charge in [-0.15, -0.1) is 11.3 Å². The third kappa shape index (κ3) is 4.82. The normalized spacial score (nSPS) is 13.2. The number of nitrogens with zero attached hydrogens (tertiary/aromatic N) is 1. The van der Waals surface area contributed by atoms with Crippen LogP contribution in [0.2, 0.25) is 0 Å². The van der Waals surface area contributed by atoms with Gasteiger partial charge in [-0.25, -0.2) is 0 Å². The highest BCUT2D eigenvalue weighted by Gasteiger charge is 2.30. The predicted molar refractivity (Wildman–Crippen MR) is 87.9 cm³/mol. The van der Waals surface area contributed by atoms with Crippen molar-refractivity contribution in [3.8, 4) is 10.4 Å². The van der Waals surface area contributed by atoms with E-state index in [0.29, 0.717) is 13.1 Å². The van der Waals surface area contributed by atoms with Crippen LogP contribution in [-0.4, -0.2) is 29.6 Å². The summed E-state index contributed by atoms with van der Waals surface area (Å²) in [4.78, 5) is 14.7. The molecular weight excluding hydrogens is 339 g/mol. The van der Waals surface area contributed by atoms with Crippen LogP contribution in [0.15, 0.2) is 36.4 Å². The summed E-state index contributed by atoms with van der Waals surface area (Å²) in [6, 6.07) is 8.88. The van der Waals surface area contributed by atoms with Gasteiger partial charge in [-0.2, -0.15) is 13.2 Å². The van der Waals surface area contributed by atoms with Crippen molar-refractivity contribution < 1.29 is 23.1 Å². The van der Waals surface area contributed by atoms with Crippen molar-refractivity contribution in [1.29, 1.82) is 0 Å². The maximum atomic E-state index is 12.6. The average Bonchev–Trinajstić information content (AvgIpc) is 2.94. The SMILES string of the molecule is CC(CN(C)Cc1ccc(-c2ccc(C(F)(F)F)cc2)s1)C(=O)O. The first-order valence-electron chi connectivity index (χ1n) is 7.34. The number of hydrogen-bond donors (Lipinski definition) is 1. The molecule has 0 spiro atoms. The zero-order valence-corrected chi connectivity index (χ0v) is 14.1. The highest BCUT2D eigenvalue weighted by molar-refractivity contribution is 7.15. The van der Waals surface area contributed by atoms with E-state index in [1.54, 1.807) is 6.92 Å². The molecule has 1 aromatic carbocycles. The van der Waals surface area contributed by atoms with Crippen LogP contribution < -0.4 is 0 Å². The van der Waals surface area contributed by atoms with Gasteiger partial charge in [0.2, 0.25) is 0 Å². The maximum Gasteiger partial charge on any atom is 0.416 e. The molecule has 1 N–H and O–H groups in total. The van der Waals surface area contributed by atoms with Crippen molar-refractivity contribution in [1.82, 2.24) is 4.90 Å². The highest BCUT2D eigenvalue weighted by atomic mass is 32.1. The summed E-state index contributed by atoms with van der Waals surface area (Å²) in [5, 5.41) is 8.93. The zero-order chi connectivity index (χ0) is 17.9. The van der Waals surface area contributed by atoms with E-state index >= 15 is 0 Å². The minimum Gasteiger partial charge on any atom is -0.481 e. The molecule has 0 aliphatic carbocycles. The van der Waals surface area contributed by atoms with Crippen LogP contribution in [0, 0.1) is 5.92 Å². The Kier molecular flexibility index (Phi) is 5.66. The molecule has 2 aromatic rings. The summed E-state index contributed by atoms with van der Waals surface area (Å²) in [6.07, 6.45) is -4.33. The lowest BCUT2D eigenvalue weighted by atomic mass is 10.1. The van der Waals surface area contributed by atoms with Gasteiger partial charge in [0.05, 0.1) is 11.5 Å². The molecule has 0 aliphatic rings. The van der Waals surface area contributed by atoms with E-state index in [-0.39, 0.29) is 0 Å². The van der Waals surface area contributed by atoms with E-state index in [0.717, 1.165) is 27.5 Å². The number of hydrogen-bond acceptors (Lipinski definition) is 3. The van der Waals surface area contributed by atoms with Gasteiger partial charge < -0.3 is 10.0 Å². The fourth-order valence-electron chi connectivity index (χ4n) is 2.32. The van der Waals surface area contributed by atoms with Gasteiger partial charge in [0, 0.05) is 22.8 Å². The summed E-state index contributed by atoms with van der Waals surface area (Å²) in [7, 11) is 1.84. The van der Waals surface area contributed by atoms with Gasteiger partial charge in [-0.3, -0.25) is 4.79 Å². The molecule has 1 unspecified atom stereocenters. The molecule has 0 fully saturated rings. The number of rotatable bonds is 6. The molecule has 130 valence electrons. The monoisotopic (exact) mass is 357 g/mol. The number of thiophene rings is 1. The summed E-state index contributed by atoms with van der Waals surface area (Å²) < 4.78 is 37.8. The van der Waals surface area contributed by atoms with E-state index in [2.05, 4.69) is 0 Å². The molecule has 0 saturated carbocycles. The molecule has 0 bridgehead atoms. The van der Waals surface area contributed by atoms with Crippen LogP contribution in [0.1, 0.15) is 17.4 Å². The molecule has 7 heteroatoms. The van der Waals surface area contributed by atoms with Crippen LogP contribution in [0.4, 0.5) is 13.2 Å². The Bertz CT molecular complexity index is 695. The number of carboxylic acids is 1. The summed E-state index contributed by atoms with van der Waals surface area (Å²) >= 11 is 1.49. The van der Waals surface area contributed by atoms with Gasteiger partial charge in [0.25, 0.3) is 0 Å². The number of benzene rings is 1. The Labute approximate surface area is 142 Å². The van der Waals surface area contributed by atoms with E-state index < -0.39 is 23.6 Å². The molecule has 0 saturated heterocycles. The second-order valence-corrected chi connectivity index (χ2v) is 6.95. The number of carboxylic acid groups (broad SMARTS) is 1. The number of halogens is 3. The van der Waals surface area contributed by atoms with Gasteiger partial charge in [0.15, 0.2) is 0 Å². The van der Waals surface area contributed by atoms with Crippen molar-refractivity contribution in [3.05, 3.63) is 46.8 Å². The van der Waals surface area contributed by atoms with E-state index in [1.165, 1.54) is 23.5 Å². The first kappa shape index (κ1) is 18.5. The van der Waals surface area contributed by atoms with Crippen LogP contribution in [0.25, 0.3) is 10.4 Å². The molecule has 1 atom stereocenters. The minimum absolute atomic E-state index is 0.433. The molecule has 2 rings (SSSR count). The quantitative estimate of drug-likeness (QED) is 0.822. The Morgan fingerprint density at radius 2 is 1.83 bits per heavy atom. The average molecular weight is 357 g/mol. The Hall–Kier alpha value is -1.86. The Morgan fingerprint density at radius 3 is 2.38 bits per heavy atom. The third-order valence-electron chi connectivity index (χ3n) is 3.59. The van der Waals surface area contributed by atoms with Crippen LogP contribution >= 0.6 is 11.3 Å². The number of alkyl halides is 3. The molecule has 3 nitrogen and oxygen atoms in total. The van der Waals surface area contributed by atoms with Gasteiger partial charge in [-0.05, 0) is 36.9 Å².